The fourth-order valence-electron chi connectivity index (χ4n) is 3.19. The van der Waals surface area contributed by atoms with Crippen molar-refractivity contribution in [2.75, 3.05) is 19.6 Å². The molecule has 0 spiro atoms. The summed E-state index contributed by atoms with van der Waals surface area (Å²) in [6.07, 6.45) is 2.20. The van der Waals surface area contributed by atoms with E-state index in [4.69, 9.17) is 11.6 Å². The molecule has 25 heavy (non-hydrogen) atoms. The van der Waals surface area contributed by atoms with Gasteiger partial charge in [-0.25, -0.2) is 8.78 Å². The molecule has 0 aliphatic carbocycles. The Morgan fingerprint density at radius 3 is 2.56 bits per heavy atom. The van der Waals surface area contributed by atoms with Gasteiger partial charge in [-0.15, -0.1) is 0 Å². The molecule has 1 fully saturated rings. The summed E-state index contributed by atoms with van der Waals surface area (Å²) in [7, 11) is 0. The molecule has 3 nitrogen and oxygen atoms in total. The van der Waals surface area contributed by atoms with Crippen molar-refractivity contribution in [2.45, 2.75) is 18.9 Å². The number of carbonyl (C=O) groups excluding carboxylic acids is 1. The Morgan fingerprint density at radius 2 is 1.88 bits per heavy atom. The molecule has 1 saturated heterocycles. The van der Waals surface area contributed by atoms with Crippen molar-refractivity contribution in [1.82, 2.24) is 10.2 Å². The first-order valence-corrected chi connectivity index (χ1v) is 8.66. The first kappa shape index (κ1) is 17.8. The lowest BCUT2D eigenvalue weighted by Crippen LogP contribution is -2.37. The molecular formula is C19H19ClF2N2O. The van der Waals surface area contributed by atoms with Gasteiger partial charge in [0.15, 0.2) is 0 Å². The molecule has 2 aromatic rings. The fourth-order valence-corrected chi connectivity index (χ4v) is 3.45. The molecule has 0 aromatic heterocycles. The number of hydrogen-bond acceptors (Lipinski definition) is 2. The quantitative estimate of drug-likeness (QED) is 0.863. The third-order valence-corrected chi connectivity index (χ3v) is 4.82. The van der Waals surface area contributed by atoms with Crippen molar-refractivity contribution in [3.05, 3.63) is 70.2 Å². The van der Waals surface area contributed by atoms with Crippen LogP contribution in [0.4, 0.5) is 8.78 Å². The summed E-state index contributed by atoms with van der Waals surface area (Å²) in [5, 5.41) is 3.40. The highest BCUT2D eigenvalue weighted by Gasteiger charge is 2.26. The van der Waals surface area contributed by atoms with Crippen LogP contribution in [-0.4, -0.2) is 30.4 Å². The molecule has 0 radical (unpaired) electrons. The van der Waals surface area contributed by atoms with Crippen LogP contribution >= 0.6 is 11.6 Å². The molecule has 1 unspecified atom stereocenters. The number of nitrogens with zero attached hydrogens (tertiary/aromatic N) is 1. The van der Waals surface area contributed by atoms with Gasteiger partial charge in [0, 0.05) is 17.6 Å². The Morgan fingerprint density at radius 1 is 1.16 bits per heavy atom. The van der Waals surface area contributed by atoms with Crippen molar-refractivity contribution in [1.29, 1.82) is 0 Å². The number of nitrogens with one attached hydrogen (secondary N) is 1. The molecule has 0 saturated carbocycles. The topological polar surface area (TPSA) is 32.3 Å². The lowest BCUT2D eigenvalue weighted by molar-refractivity contribution is 0.0934. The molecule has 1 aliphatic heterocycles. The average molecular weight is 365 g/mol. The first-order chi connectivity index (χ1) is 12.1. The second-order valence-electron chi connectivity index (χ2n) is 6.11. The van der Waals surface area contributed by atoms with Crippen molar-refractivity contribution < 1.29 is 13.6 Å². The number of hydrogen-bond donors (Lipinski definition) is 1. The minimum absolute atomic E-state index is 0.0799. The third-order valence-electron chi connectivity index (χ3n) is 4.48. The Balaban J connectivity index is 1.76. The SMILES string of the molecule is O=C(NCC(c1ccccc1Cl)N1CCCC1)c1ccc(F)cc1F. The van der Waals surface area contributed by atoms with Crippen LogP contribution in [0.15, 0.2) is 42.5 Å². The molecule has 6 heteroatoms. The monoisotopic (exact) mass is 364 g/mol. The minimum atomic E-state index is -0.868. The zero-order valence-electron chi connectivity index (χ0n) is 13.6. The van der Waals surface area contributed by atoms with Gasteiger partial charge >= 0.3 is 0 Å². The Hall–Kier alpha value is -1.98. The molecule has 0 bridgehead atoms. The lowest BCUT2D eigenvalue weighted by Gasteiger charge is -2.29. The maximum absolute atomic E-state index is 13.8. The summed E-state index contributed by atoms with van der Waals surface area (Å²) < 4.78 is 26.8. The number of benzene rings is 2. The van der Waals surface area contributed by atoms with Crippen molar-refractivity contribution in [2.24, 2.45) is 0 Å². The van der Waals surface area contributed by atoms with Crippen LogP contribution in [-0.2, 0) is 0 Å². The van der Waals surface area contributed by atoms with Gasteiger partial charge in [0.05, 0.1) is 11.6 Å². The molecule has 1 heterocycles. The van der Waals surface area contributed by atoms with Crippen LogP contribution in [0.3, 0.4) is 0 Å². The normalized spacial score (nSPS) is 16.0. The predicted octanol–water partition coefficient (Wildman–Crippen LogP) is 4.19. The standard InChI is InChI=1S/C19H19ClF2N2O/c20-16-6-2-1-5-14(16)18(24-9-3-4-10-24)12-23-19(25)15-8-7-13(21)11-17(15)22/h1-2,5-8,11,18H,3-4,9-10,12H2,(H,23,25). The second-order valence-corrected chi connectivity index (χ2v) is 6.52. The Bertz CT molecular complexity index is 763. The van der Waals surface area contributed by atoms with Gasteiger partial charge < -0.3 is 5.32 Å². The van der Waals surface area contributed by atoms with Crippen molar-refractivity contribution in [3.8, 4) is 0 Å². The summed E-state index contributed by atoms with van der Waals surface area (Å²) in [6.45, 7) is 2.16. The predicted molar refractivity (Wildman–Crippen MR) is 93.7 cm³/mol. The third kappa shape index (κ3) is 4.17. The largest absolute Gasteiger partial charge is 0.350 e. The summed E-state index contributed by atoms with van der Waals surface area (Å²) in [5.41, 5.74) is 0.770. The Kier molecular flexibility index (Phi) is 5.66. The van der Waals surface area contributed by atoms with Crippen LogP contribution in [0.25, 0.3) is 0 Å². The summed E-state index contributed by atoms with van der Waals surface area (Å²) >= 11 is 6.33. The number of amides is 1. The van der Waals surface area contributed by atoms with E-state index in [1.54, 1.807) is 0 Å². The van der Waals surface area contributed by atoms with Gasteiger partial charge in [0.1, 0.15) is 11.6 Å². The van der Waals surface area contributed by atoms with E-state index in [0.29, 0.717) is 17.6 Å². The fraction of sp³-hybridized carbons (Fsp3) is 0.316. The number of rotatable bonds is 5. The van der Waals surface area contributed by atoms with Crippen LogP contribution in [0.1, 0.15) is 34.8 Å². The van der Waals surface area contributed by atoms with Crippen LogP contribution in [0, 0.1) is 11.6 Å². The molecular weight excluding hydrogens is 346 g/mol. The molecule has 132 valence electrons. The lowest BCUT2D eigenvalue weighted by atomic mass is 10.0. The number of carbonyl (C=O) groups is 1. The van der Waals surface area contributed by atoms with Gasteiger partial charge in [0.25, 0.3) is 5.91 Å². The average Bonchev–Trinajstić information content (AvgIpc) is 3.10. The van der Waals surface area contributed by atoms with Crippen LogP contribution in [0.2, 0.25) is 5.02 Å². The van der Waals surface area contributed by atoms with Crippen molar-refractivity contribution in [3.63, 3.8) is 0 Å². The first-order valence-electron chi connectivity index (χ1n) is 8.28. The maximum Gasteiger partial charge on any atom is 0.254 e. The second kappa shape index (κ2) is 7.93. The van der Waals surface area contributed by atoms with Crippen LogP contribution in [0.5, 0.6) is 0 Å². The van der Waals surface area contributed by atoms with E-state index in [1.165, 1.54) is 0 Å². The summed E-state index contributed by atoms with van der Waals surface area (Å²) in [6, 6.07) is 10.4. The van der Waals surface area contributed by atoms with Gasteiger partial charge in [-0.05, 0) is 49.7 Å². The molecule has 2 aromatic carbocycles. The van der Waals surface area contributed by atoms with E-state index in [1.807, 2.05) is 24.3 Å². The summed E-state index contributed by atoms with van der Waals surface area (Å²) in [4.78, 5) is 14.6. The molecule has 1 aliphatic rings. The van der Waals surface area contributed by atoms with E-state index < -0.39 is 17.5 Å². The minimum Gasteiger partial charge on any atom is -0.350 e. The highest BCUT2D eigenvalue weighted by atomic mass is 35.5. The van der Waals surface area contributed by atoms with Gasteiger partial charge in [-0.2, -0.15) is 0 Å². The maximum atomic E-state index is 13.8. The van der Waals surface area contributed by atoms with E-state index in [9.17, 15) is 13.6 Å². The van der Waals surface area contributed by atoms with E-state index in [0.717, 1.165) is 43.6 Å². The molecule has 1 N–H and O–H groups in total. The van der Waals surface area contributed by atoms with E-state index in [-0.39, 0.29) is 11.6 Å². The van der Waals surface area contributed by atoms with Gasteiger partial charge in [-0.1, -0.05) is 29.8 Å². The number of halogens is 3. The van der Waals surface area contributed by atoms with Crippen molar-refractivity contribution >= 4 is 17.5 Å². The highest BCUT2D eigenvalue weighted by Crippen LogP contribution is 2.29. The Labute approximate surface area is 150 Å². The summed E-state index contributed by atoms with van der Waals surface area (Å²) in [5.74, 6) is -2.14. The molecule has 1 atom stereocenters. The molecule has 1 amide bonds. The van der Waals surface area contributed by atoms with E-state index >= 15 is 0 Å². The van der Waals surface area contributed by atoms with Gasteiger partial charge in [-0.3, -0.25) is 9.69 Å². The number of likely N-dealkylation sites (tertiary alicyclic amines) is 1. The zero-order chi connectivity index (χ0) is 17.8. The molecule has 3 rings (SSSR count). The van der Waals surface area contributed by atoms with Crippen LogP contribution < -0.4 is 5.32 Å². The zero-order valence-corrected chi connectivity index (χ0v) is 14.4. The van der Waals surface area contributed by atoms with Gasteiger partial charge in [0.2, 0.25) is 0 Å². The highest BCUT2D eigenvalue weighted by molar-refractivity contribution is 6.31. The van der Waals surface area contributed by atoms with E-state index in [2.05, 4.69) is 10.2 Å². The smallest absolute Gasteiger partial charge is 0.254 e.